The minimum Gasteiger partial charge on any atom is -0.378 e. The van der Waals surface area contributed by atoms with Crippen molar-refractivity contribution in [1.29, 1.82) is 0 Å². The molecule has 4 heterocycles. The van der Waals surface area contributed by atoms with Crippen LogP contribution in [0.15, 0.2) is 48.8 Å². The summed E-state index contributed by atoms with van der Waals surface area (Å²) in [6.07, 6.45) is 3.36. The molecule has 2 aliphatic rings. The number of benzene rings is 1. The number of aromatic amines is 1. The predicted molar refractivity (Wildman–Crippen MR) is 135 cm³/mol. The molecule has 5 rings (SSSR count). The number of aromatic nitrogens is 3. The molecule has 2 saturated heterocycles. The first kappa shape index (κ1) is 27.8. The molecule has 2 N–H and O–H groups in total. The van der Waals surface area contributed by atoms with E-state index >= 15 is 0 Å². The summed E-state index contributed by atoms with van der Waals surface area (Å²) in [5.41, 5.74) is 2.28. The number of amides is 1. The SMILES string of the molecule is CC1(C(=O)N2CCOCC2)COC(c2nc(-c3ccc(F)cc3)c(-c3ccncc3)[nH]2)OC1.CS(=O)(=O)O. The number of H-pyrrole nitrogens is 1. The summed E-state index contributed by atoms with van der Waals surface area (Å²) < 4.78 is 56.7. The standard InChI is InChI=1S/C24H25FN4O4.CH4O3S/c1-24(23(30)29-10-12-31-13-11-29)14-32-22(33-15-24)21-27-19(16-2-4-18(25)5-3-16)20(28-21)17-6-8-26-9-7-17;1-5(2,3)4/h2-9,22H,10-15H2,1H3,(H,27,28);1H3,(H,2,3,4). The number of hydrogen-bond acceptors (Lipinski definition) is 8. The molecule has 0 spiro atoms. The van der Waals surface area contributed by atoms with Crippen LogP contribution in [-0.2, 0) is 29.1 Å². The molecule has 2 aromatic heterocycles. The number of ether oxygens (including phenoxy) is 3. The summed E-state index contributed by atoms with van der Waals surface area (Å²) >= 11 is 0. The van der Waals surface area contributed by atoms with Crippen molar-refractivity contribution < 1.29 is 36.4 Å². The van der Waals surface area contributed by atoms with E-state index in [1.807, 2.05) is 19.1 Å². The van der Waals surface area contributed by atoms with Crippen LogP contribution in [0, 0.1) is 11.2 Å². The van der Waals surface area contributed by atoms with Gasteiger partial charge in [0, 0.05) is 36.6 Å². The first-order chi connectivity index (χ1) is 18.0. The lowest BCUT2D eigenvalue weighted by Crippen LogP contribution is -2.53. The number of nitrogens with one attached hydrogen (secondary N) is 1. The van der Waals surface area contributed by atoms with Gasteiger partial charge < -0.3 is 24.1 Å². The number of imidazole rings is 1. The first-order valence-electron chi connectivity index (χ1n) is 11.8. The number of carbonyl (C=O) groups is 1. The molecular weight excluding hydrogens is 519 g/mol. The zero-order valence-corrected chi connectivity index (χ0v) is 21.8. The van der Waals surface area contributed by atoms with Crippen molar-refractivity contribution in [2.24, 2.45) is 5.41 Å². The lowest BCUT2D eigenvalue weighted by Gasteiger charge is -2.39. The summed E-state index contributed by atoms with van der Waals surface area (Å²) in [5.74, 6) is 0.179. The monoisotopic (exact) mass is 548 g/mol. The van der Waals surface area contributed by atoms with Gasteiger partial charge in [-0.2, -0.15) is 8.42 Å². The molecule has 2 aliphatic heterocycles. The molecule has 11 nitrogen and oxygen atoms in total. The highest BCUT2D eigenvalue weighted by molar-refractivity contribution is 7.85. The molecule has 2 fully saturated rings. The van der Waals surface area contributed by atoms with Crippen LogP contribution in [0.5, 0.6) is 0 Å². The van der Waals surface area contributed by atoms with Crippen LogP contribution in [0.1, 0.15) is 19.0 Å². The van der Waals surface area contributed by atoms with Gasteiger partial charge in [0.25, 0.3) is 10.1 Å². The van der Waals surface area contributed by atoms with Crippen molar-refractivity contribution in [2.45, 2.75) is 13.2 Å². The molecule has 0 radical (unpaired) electrons. The molecule has 1 aromatic carbocycles. The molecule has 0 saturated carbocycles. The number of halogens is 1. The molecule has 13 heteroatoms. The van der Waals surface area contributed by atoms with Gasteiger partial charge in [-0.25, -0.2) is 9.37 Å². The Morgan fingerprint density at radius 3 is 2.24 bits per heavy atom. The van der Waals surface area contributed by atoms with Gasteiger partial charge in [0.15, 0.2) is 5.82 Å². The normalized spacial score (nSPS) is 21.9. The number of carbonyl (C=O) groups excluding carboxylic acids is 1. The average Bonchev–Trinajstić information content (AvgIpc) is 3.35. The maximum atomic E-state index is 13.5. The van der Waals surface area contributed by atoms with Crippen LogP contribution in [0.2, 0.25) is 0 Å². The van der Waals surface area contributed by atoms with Crippen LogP contribution in [0.4, 0.5) is 4.39 Å². The lowest BCUT2D eigenvalue weighted by atomic mass is 9.90. The third kappa shape index (κ3) is 6.99. The van der Waals surface area contributed by atoms with Crippen molar-refractivity contribution in [3.63, 3.8) is 0 Å². The molecule has 0 unspecified atom stereocenters. The van der Waals surface area contributed by atoms with E-state index in [1.54, 1.807) is 29.4 Å². The topological polar surface area (TPSA) is 144 Å². The third-order valence-electron chi connectivity index (χ3n) is 5.95. The Hall–Kier alpha value is -3.23. The second-order valence-corrected chi connectivity index (χ2v) is 10.7. The molecule has 0 atom stereocenters. The summed E-state index contributed by atoms with van der Waals surface area (Å²) in [7, 11) is -3.67. The maximum Gasteiger partial charge on any atom is 0.261 e. The molecule has 1 amide bonds. The van der Waals surface area contributed by atoms with E-state index in [2.05, 4.69) is 9.97 Å². The van der Waals surface area contributed by atoms with Crippen LogP contribution >= 0.6 is 0 Å². The van der Waals surface area contributed by atoms with Crippen LogP contribution < -0.4 is 0 Å². The highest BCUT2D eigenvalue weighted by atomic mass is 32.2. The van der Waals surface area contributed by atoms with Gasteiger partial charge in [0.05, 0.1) is 49.5 Å². The molecular formula is C25H29FN4O7S. The van der Waals surface area contributed by atoms with Crippen molar-refractivity contribution >= 4 is 16.0 Å². The maximum absolute atomic E-state index is 13.5. The van der Waals surface area contributed by atoms with Crippen LogP contribution in [0.3, 0.4) is 0 Å². The Kier molecular flexibility index (Phi) is 8.53. The van der Waals surface area contributed by atoms with E-state index in [0.717, 1.165) is 16.8 Å². The van der Waals surface area contributed by atoms with E-state index in [-0.39, 0.29) is 24.9 Å². The smallest absolute Gasteiger partial charge is 0.261 e. The fraction of sp³-hybridized carbons (Fsp3) is 0.400. The van der Waals surface area contributed by atoms with Crippen molar-refractivity contribution in [3.05, 3.63) is 60.4 Å². The fourth-order valence-electron chi connectivity index (χ4n) is 4.09. The Morgan fingerprint density at radius 1 is 1.08 bits per heavy atom. The highest BCUT2D eigenvalue weighted by Crippen LogP contribution is 2.36. The van der Waals surface area contributed by atoms with Gasteiger partial charge in [0.2, 0.25) is 12.2 Å². The molecule has 38 heavy (non-hydrogen) atoms. The van der Waals surface area contributed by atoms with Gasteiger partial charge in [0.1, 0.15) is 5.82 Å². The Labute approximate surface area is 219 Å². The number of morpholine rings is 1. The van der Waals surface area contributed by atoms with Gasteiger partial charge in [-0.15, -0.1) is 0 Å². The van der Waals surface area contributed by atoms with Gasteiger partial charge in [-0.1, -0.05) is 0 Å². The molecule has 0 aliphatic carbocycles. The number of nitrogens with zero attached hydrogens (tertiary/aromatic N) is 3. The first-order valence-corrected chi connectivity index (χ1v) is 13.7. The zero-order chi connectivity index (χ0) is 27.3. The van der Waals surface area contributed by atoms with Gasteiger partial charge >= 0.3 is 0 Å². The van der Waals surface area contributed by atoms with E-state index in [9.17, 15) is 17.6 Å². The minimum atomic E-state index is -3.67. The van der Waals surface area contributed by atoms with Gasteiger partial charge in [-0.3, -0.25) is 14.3 Å². The van der Waals surface area contributed by atoms with Crippen molar-refractivity contribution in [1.82, 2.24) is 19.9 Å². The Morgan fingerprint density at radius 2 is 1.66 bits per heavy atom. The second-order valence-electron chi connectivity index (χ2n) is 9.24. The fourth-order valence-corrected chi connectivity index (χ4v) is 4.09. The minimum absolute atomic E-state index is 0.00757. The Balaban J connectivity index is 0.000000617. The van der Waals surface area contributed by atoms with Crippen molar-refractivity contribution in [3.8, 4) is 22.5 Å². The van der Waals surface area contributed by atoms with E-state index in [0.29, 0.717) is 44.1 Å². The molecule has 204 valence electrons. The quantitative estimate of drug-likeness (QED) is 0.470. The predicted octanol–water partition coefficient (Wildman–Crippen LogP) is 2.69. The third-order valence-corrected chi connectivity index (χ3v) is 5.95. The number of pyridine rings is 1. The number of rotatable bonds is 4. The largest absolute Gasteiger partial charge is 0.378 e. The van der Waals surface area contributed by atoms with Crippen LogP contribution in [-0.4, -0.2) is 84.5 Å². The van der Waals surface area contributed by atoms with E-state index in [4.69, 9.17) is 23.7 Å². The highest BCUT2D eigenvalue weighted by Gasteiger charge is 2.43. The lowest BCUT2D eigenvalue weighted by molar-refractivity contribution is -0.235. The second kappa shape index (κ2) is 11.7. The Bertz CT molecular complexity index is 1330. The summed E-state index contributed by atoms with van der Waals surface area (Å²) in [4.78, 5) is 26.9. The summed E-state index contributed by atoms with van der Waals surface area (Å²) in [5, 5.41) is 0. The zero-order valence-electron chi connectivity index (χ0n) is 21.0. The number of hydrogen-bond donors (Lipinski definition) is 2. The molecule has 3 aromatic rings. The van der Waals surface area contributed by atoms with Crippen molar-refractivity contribution in [2.75, 3.05) is 45.8 Å². The summed E-state index contributed by atoms with van der Waals surface area (Å²) in [6, 6.07) is 9.89. The van der Waals surface area contributed by atoms with E-state index < -0.39 is 21.8 Å². The summed E-state index contributed by atoms with van der Waals surface area (Å²) in [6.45, 7) is 4.52. The van der Waals surface area contributed by atoms with Crippen LogP contribution in [0.25, 0.3) is 22.5 Å². The van der Waals surface area contributed by atoms with E-state index in [1.165, 1.54) is 12.1 Å². The molecule has 0 bridgehead atoms. The van der Waals surface area contributed by atoms with Gasteiger partial charge in [-0.05, 0) is 43.3 Å². The average molecular weight is 549 g/mol.